The van der Waals surface area contributed by atoms with Gasteiger partial charge in [0.25, 0.3) is 0 Å². The molecule has 0 aromatic rings. The highest BCUT2D eigenvalue weighted by Gasteiger charge is 1.79. The molecule has 0 unspecified atom stereocenters. The van der Waals surface area contributed by atoms with E-state index in [1.165, 1.54) is 0 Å². The zero-order valence-corrected chi connectivity index (χ0v) is 3.56. The third kappa shape index (κ3) is 9.38. The first-order valence-corrected chi connectivity index (χ1v) is 1.72. The van der Waals surface area contributed by atoms with Crippen LogP contribution >= 0.6 is 0 Å². The predicted molar refractivity (Wildman–Crippen MR) is 27.6 cm³/mol. The lowest BCUT2D eigenvalue weighted by Gasteiger charge is -1.78. The minimum absolute atomic E-state index is 0. The Kier molecular flexibility index (Phi) is 7.15. The van der Waals surface area contributed by atoms with Crippen LogP contribution in [0.15, 0.2) is 0 Å². The summed E-state index contributed by atoms with van der Waals surface area (Å²) in [5.74, 6) is 0.204. The molecule has 0 amide bonds. The van der Waals surface area contributed by atoms with Gasteiger partial charge < -0.3 is 4.79 Å². The van der Waals surface area contributed by atoms with Gasteiger partial charge in [-0.05, 0) is 0 Å². The minimum Gasteiger partial charge on any atom is -0.303 e. The van der Waals surface area contributed by atoms with Gasteiger partial charge in [0.05, 0.1) is 0 Å². The molecule has 1 nitrogen and oxygen atoms in total. The zero-order valence-electron chi connectivity index (χ0n) is 3.56. The van der Waals surface area contributed by atoms with Gasteiger partial charge in [0.1, 0.15) is 6.29 Å². The second kappa shape index (κ2) is 4.67. The molecule has 6 heavy (non-hydrogen) atoms. The normalized spacial score (nSPS) is 7.17. The maximum absolute atomic E-state index is 9.50. The molecule has 0 aromatic heterocycles. The first-order valence-electron chi connectivity index (χ1n) is 1.72. The Bertz CT molecular complexity index is 30.9. The SMILES string of the molecule is C.CC(C)C=O. The highest BCUT2D eigenvalue weighted by atomic mass is 16.1. The standard InChI is InChI=1S/C4H8O.CH4/c1-4(2)3-5;/h3-4H,1-2H3;1H4. The van der Waals surface area contributed by atoms with Gasteiger partial charge in [-0.1, -0.05) is 21.3 Å². The van der Waals surface area contributed by atoms with Crippen molar-refractivity contribution in [3.05, 3.63) is 0 Å². The summed E-state index contributed by atoms with van der Waals surface area (Å²) in [7, 11) is 0. The average Bonchev–Trinajstić information content (AvgIpc) is 1.38. The summed E-state index contributed by atoms with van der Waals surface area (Å²) in [4.78, 5) is 9.50. The van der Waals surface area contributed by atoms with E-state index in [4.69, 9.17) is 0 Å². The number of carbonyl (C=O) groups excluding carboxylic acids is 1. The third-order valence-electron chi connectivity index (χ3n) is 0.272. The molecule has 0 aliphatic rings. The molecule has 0 bridgehead atoms. The van der Waals surface area contributed by atoms with E-state index in [1.807, 2.05) is 13.8 Å². The summed E-state index contributed by atoms with van der Waals surface area (Å²) >= 11 is 0. The van der Waals surface area contributed by atoms with Crippen molar-refractivity contribution >= 4 is 6.29 Å². The molecule has 1 heteroatoms. The molecule has 0 saturated heterocycles. The second-order valence-corrected chi connectivity index (χ2v) is 1.38. The van der Waals surface area contributed by atoms with Crippen molar-refractivity contribution < 1.29 is 4.79 Å². The lowest BCUT2D eigenvalue weighted by atomic mass is 10.3. The van der Waals surface area contributed by atoms with E-state index in [0.717, 1.165) is 6.29 Å². The summed E-state index contributed by atoms with van der Waals surface area (Å²) < 4.78 is 0. The Hall–Kier alpha value is -0.330. The lowest BCUT2D eigenvalue weighted by molar-refractivity contribution is -0.110. The number of aldehydes is 1. The van der Waals surface area contributed by atoms with Gasteiger partial charge in [-0.15, -0.1) is 0 Å². The van der Waals surface area contributed by atoms with Crippen LogP contribution < -0.4 is 0 Å². The summed E-state index contributed by atoms with van der Waals surface area (Å²) in [6.45, 7) is 3.71. The van der Waals surface area contributed by atoms with E-state index in [9.17, 15) is 4.79 Å². The number of hydrogen-bond donors (Lipinski definition) is 0. The van der Waals surface area contributed by atoms with Crippen LogP contribution in [-0.4, -0.2) is 6.29 Å². The van der Waals surface area contributed by atoms with Crippen LogP contribution in [0.5, 0.6) is 0 Å². The summed E-state index contributed by atoms with van der Waals surface area (Å²) in [6, 6.07) is 0. The lowest BCUT2D eigenvalue weighted by Crippen LogP contribution is -1.82. The van der Waals surface area contributed by atoms with Gasteiger partial charge in [-0.25, -0.2) is 0 Å². The third-order valence-corrected chi connectivity index (χ3v) is 0.272. The fraction of sp³-hybridized carbons (Fsp3) is 0.800. The summed E-state index contributed by atoms with van der Waals surface area (Å²) in [5.41, 5.74) is 0. The molecule has 0 atom stereocenters. The Labute approximate surface area is 39.4 Å². The maximum Gasteiger partial charge on any atom is 0.122 e. The first-order chi connectivity index (χ1) is 2.27. The van der Waals surface area contributed by atoms with Crippen LogP contribution in [0.2, 0.25) is 0 Å². The van der Waals surface area contributed by atoms with Gasteiger partial charge in [0.15, 0.2) is 0 Å². The van der Waals surface area contributed by atoms with Gasteiger partial charge in [0.2, 0.25) is 0 Å². The topological polar surface area (TPSA) is 17.1 Å². The molecule has 0 spiro atoms. The predicted octanol–water partition coefficient (Wildman–Crippen LogP) is 1.48. The quantitative estimate of drug-likeness (QED) is 0.444. The van der Waals surface area contributed by atoms with E-state index in [2.05, 4.69) is 0 Å². The fourth-order valence-electron chi connectivity index (χ4n) is 0. The molecule has 0 N–H and O–H groups in total. The van der Waals surface area contributed by atoms with Gasteiger partial charge >= 0.3 is 0 Å². The van der Waals surface area contributed by atoms with Gasteiger partial charge in [0, 0.05) is 5.92 Å². The molecule has 0 saturated carbocycles. The van der Waals surface area contributed by atoms with E-state index < -0.39 is 0 Å². The number of hydrogen-bond acceptors (Lipinski definition) is 1. The fourth-order valence-corrected chi connectivity index (χ4v) is 0. The van der Waals surface area contributed by atoms with Crippen LogP contribution in [0.3, 0.4) is 0 Å². The van der Waals surface area contributed by atoms with E-state index >= 15 is 0 Å². The highest BCUT2D eigenvalue weighted by molar-refractivity contribution is 5.51. The molecular formula is C5H12O. The molecule has 0 rings (SSSR count). The van der Waals surface area contributed by atoms with Crippen LogP contribution in [0, 0.1) is 5.92 Å². The molecule has 0 aromatic carbocycles. The zero-order chi connectivity index (χ0) is 4.28. The van der Waals surface area contributed by atoms with E-state index in [1.54, 1.807) is 0 Å². The van der Waals surface area contributed by atoms with E-state index in [-0.39, 0.29) is 13.3 Å². The largest absolute Gasteiger partial charge is 0.303 e. The molecule has 0 aliphatic carbocycles. The van der Waals surface area contributed by atoms with E-state index in [0.29, 0.717) is 0 Å². The van der Waals surface area contributed by atoms with Crippen molar-refractivity contribution in [2.45, 2.75) is 21.3 Å². The summed E-state index contributed by atoms with van der Waals surface area (Å²) in [6.07, 6.45) is 0.917. The van der Waals surface area contributed by atoms with Crippen molar-refractivity contribution in [1.29, 1.82) is 0 Å². The van der Waals surface area contributed by atoms with Crippen molar-refractivity contribution in [1.82, 2.24) is 0 Å². The smallest absolute Gasteiger partial charge is 0.122 e. The molecule has 0 radical (unpaired) electrons. The number of rotatable bonds is 1. The minimum atomic E-state index is 0. The molecule has 0 aliphatic heterocycles. The second-order valence-electron chi connectivity index (χ2n) is 1.38. The van der Waals surface area contributed by atoms with Crippen molar-refractivity contribution in [2.24, 2.45) is 5.92 Å². The average molecular weight is 88.1 g/mol. The Morgan fingerprint density at radius 1 is 1.50 bits per heavy atom. The molecule has 0 fully saturated rings. The Balaban J connectivity index is 0. The van der Waals surface area contributed by atoms with Crippen LogP contribution in [0.1, 0.15) is 21.3 Å². The molecular weight excluding hydrogens is 76.1 g/mol. The monoisotopic (exact) mass is 88.1 g/mol. The van der Waals surface area contributed by atoms with Crippen molar-refractivity contribution in [2.75, 3.05) is 0 Å². The first kappa shape index (κ1) is 9.18. The molecule has 38 valence electrons. The van der Waals surface area contributed by atoms with Crippen LogP contribution in [0.25, 0.3) is 0 Å². The van der Waals surface area contributed by atoms with Gasteiger partial charge in [-0.3, -0.25) is 0 Å². The Morgan fingerprint density at radius 2 is 1.67 bits per heavy atom. The number of carbonyl (C=O) groups is 1. The molecule has 0 heterocycles. The highest BCUT2D eigenvalue weighted by Crippen LogP contribution is 1.78. The van der Waals surface area contributed by atoms with Gasteiger partial charge in [-0.2, -0.15) is 0 Å². The van der Waals surface area contributed by atoms with Crippen LogP contribution in [-0.2, 0) is 4.79 Å². The van der Waals surface area contributed by atoms with Crippen LogP contribution in [0.4, 0.5) is 0 Å². The maximum atomic E-state index is 9.50. The summed E-state index contributed by atoms with van der Waals surface area (Å²) in [5, 5.41) is 0. The Morgan fingerprint density at radius 3 is 1.67 bits per heavy atom. The van der Waals surface area contributed by atoms with Crippen molar-refractivity contribution in [3.8, 4) is 0 Å². The van der Waals surface area contributed by atoms with Crippen molar-refractivity contribution in [3.63, 3.8) is 0 Å².